The third-order valence-corrected chi connectivity index (χ3v) is 10.1. The van der Waals surface area contributed by atoms with Crippen molar-refractivity contribution in [1.29, 1.82) is 0 Å². The van der Waals surface area contributed by atoms with Crippen molar-refractivity contribution in [3.8, 4) is 0 Å². The van der Waals surface area contributed by atoms with Crippen LogP contribution in [0.4, 0.5) is 0 Å². The van der Waals surface area contributed by atoms with E-state index >= 15 is 0 Å². The van der Waals surface area contributed by atoms with Crippen LogP contribution < -0.4 is 0 Å². The van der Waals surface area contributed by atoms with E-state index in [4.69, 9.17) is 0 Å². The number of hydrogen-bond donors (Lipinski definition) is 1. The van der Waals surface area contributed by atoms with Crippen LogP contribution >= 0.6 is 0 Å². The van der Waals surface area contributed by atoms with Gasteiger partial charge >= 0.3 is 0 Å². The van der Waals surface area contributed by atoms with Crippen molar-refractivity contribution in [3.63, 3.8) is 0 Å². The van der Waals surface area contributed by atoms with Crippen LogP contribution in [0.3, 0.4) is 0 Å². The van der Waals surface area contributed by atoms with E-state index < -0.39 is 0 Å². The fourth-order valence-corrected chi connectivity index (χ4v) is 8.41. The van der Waals surface area contributed by atoms with Gasteiger partial charge in [0.1, 0.15) is 0 Å². The standard InChI is InChI=1S/C27H44O2.Ac/c1-17(2)7-6-8-18(3)21-9-10-22-25-23(12-14-27(21,22)5)26(4)13-11-20(28)15-19(26)16-24(25)29;/h16-18,20-23,25,28H,6-15H2,1-5H3;/t18?,20-,21+,22?,23?,25?,26-,27+;/m0./s1. The summed E-state index contributed by atoms with van der Waals surface area (Å²) in [6, 6.07) is 0. The molecule has 2 nitrogen and oxygen atoms in total. The van der Waals surface area contributed by atoms with Gasteiger partial charge in [0.05, 0.1) is 6.10 Å². The Morgan fingerprint density at radius 3 is 2.47 bits per heavy atom. The summed E-state index contributed by atoms with van der Waals surface area (Å²) in [5.41, 5.74) is 1.77. The zero-order valence-electron chi connectivity index (χ0n) is 20.1. The summed E-state index contributed by atoms with van der Waals surface area (Å²) in [5.74, 6) is 4.11. The molecule has 0 saturated heterocycles. The van der Waals surface area contributed by atoms with Gasteiger partial charge in [0, 0.05) is 50.0 Å². The van der Waals surface area contributed by atoms with Gasteiger partial charge in [0.2, 0.25) is 0 Å². The molecule has 0 amide bonds. The maximum absolute atomic E-state index is 13.4. The normalized spacial score (nSPS) is 43.9. The Morgan fingerprint density at radius 1 is 1.03 bits per heavy atom. The first-order valence-corrected chi connectivity index (χ1v) is 12.6. The maximum Gasteiger partial charge on any atom is 0.159 e. The monoisotopic (exact) mass is 627 g/mol. The summed E-state index contributed by atoms with van der Waals surface area (Å²) in [4.78, 5) is 13.4. The molecule has 0 aromatic heterocycles. The molecule has 4 aliphatic carbocycles. The van der Waals surface area contributed by atoms with E-state index in [1.165, 1.54) is 50.5 Å². The molecule has 4 rings (SSSR count). The maximum atomic E-state index is 13.4. The van der Waals surface area contributed by atoms with Gasteiger partial charge in [-0.25, -0.2) is 0 Å². The quantitative estimate of drug-likeness (QED) is 0.375. The second-order valence-corrected chi connectivity index (χ2v) is 12.2. The first-order valence-electron chi connectivity index (χ1n) is 12.6. The van der Waals surface area contributed by atoms with Crippen molar-refractivity contribution < 1.29 is 54.0 Å². The third kappa shape index (κ3) is 4.32. The summed E-state index contributed by atoms with van der Waals surface area (Å²) in [5, 5.41) is 10.2. The predicted molar refractivity (Wildman–Crippen MR) is 119 cm³/mol. The number of ketones is 1. The van der Waals surface area contributed by atoms with E-state index in [9.17, 15) is 9.90 Å². The number of hydrogen-bond acceptors (Lipinski definition) is 2. The molecule has 1 radical (unpaired) electrons. The molecule has 8 atom stereocenters. The van der Waals surface area contributed by atoms with Gasteiger partial charge in [-0.05, 0) is 91.4 Å². The SMILES string of the molecule is CC(C)CCCC(C)[C@H]1CCC2C3C(=O)C=C4C[C@@H](O)CC[C@]4(C)C3CC[C@@]21C.[Ac]. The van der Waals surface area contributed by atoms with Gasteiger partial charge in [-0.2, -0.15) is 0 Å². The molecule has 0 spiro atoms. The third-order valence-electron chi connectivity index (χ3n) is 10.1. The van der Waals surface area contributed by atoms with Gasteiger partial charge in [-0.15, -0.1) is 0 Å². The van der Waals surface area contributed by atoms with Gasteiger partial charge in [0.15, 0.2) is 5.78 Å². The first kappa shape index (κ1) is 25.4. The predicted octanol–water partition coefficient (Wildman–Crippen LogP) is 6.57. The molecule has 3 saturated carbocycles. The molecule has 3 heteroatoms. The number of carbonyl (C=O) groups is 1. The summed E-state index contributed by atoms with van der Waals surface area (Å²) in [6.45, 7) is 12.1. The Hall–Kier alpha value is 0.812. The zero-order valence-corrected chi connectivity index (χ0v) is 24.9. The molecule has 1 N–H and O–H groups in total. The Balaban J connectivity index is 0.00000256. The van der Waals surface area contributed by atoms with Crippen molar-refractivity contribution in [1.82, 2.24) is 0 Å². The minimum Gasteiger partial charge on any atom is -0.393 e. The fraction of sp³-hybridized carbons (Fsp3) is 0.889. The molecule has 0 aromatic rings. The molecule has 0 aliphatic heterocycles. The van der Waals surface area contributed by atoms with Gasteiger partial charge in [0.25, 0.3) is 0 Å². The van der Waals surface area contributed by atoms with Crippen LogP contribution in [0.5, 0.6) is 0 Å². The number of allylic oxidation sites excluding steroid dienone is 1. The van der Waals surface area contributed by atoms with E-state index in [2.05, 4.69) is 34.6 Å². The van der Waals surface area contributed by atoms with E-state index in [-0.39, 0.29) is 61.5 Å². The Kier molecular flexibility index (Phi) is 8.13. The topological polar surface area (TPSA) is 37.3 Å². The minimum atomic E-state index is -0.241. The Bertz CT molecular complexity index is 670. The molecule has 4 aliphatic rings. The van der Waals surface area contributed by atoms with Crippen LogP contribution in [0.2, 0.25) is 0 Å². The second kappa shape index (κ2) is 9.59. The average molecular weight is 628 g/mol. The van der Waals surface area contributed by atoms with Crippen LogP contribution in [0.15, 0.2) is 11.6 Å². The van der Waals surface area contributed by atoms with Gasteiger partial charge < -0.3 is 5.11 Å². The zero-order chi connectivity index (χ0) is 21.0. The molecular formula is C27H44AcO2. The largest absolute Gasteiger partial charge is 0.393 e. The van der Waals surface area contributed by atoms with E-state index in [1.807, 2.05) is 6.08 Å². The Morgan fingerprint density at radius 2 is 1.77 bits per heavy atom. The van der Waals surface area contributed by atoms with Crippen molar-refractivity contribution in [2.75, 3.05) is 0 Å². The van der Waals surface area contributed by atoms with Crippen LogP contribution in [-0.4, -0.2) is 17.0 Å². The molecule has 30 heavy (non-hydrogen) atoms. The van der Waals surface area contributed by atoms with E-state index in [0.717, 1.165) is 37.0 Å². The minimum absolute atomic E-state index is 0. The van der Waals surface area contributed by atoms with Crippen LogP contribution in [0.25, 0.3) is 0 Å². The number of aliphatic hydroxyl groups is 1. The Labute approximate surface area is 221 Å². The van der Waals surface area contributed by atoms with Gasteiger partial charge in [-0.3, -0.25) is 4.79 Å². The number of aliphatic hydroxyl groups excluding tert-OH is 1. The van der Waals surface area contributed by atoms with Gasteiger partial charge in [-0.1, -0.05) is 59.5 Å². The average Bonchev–Trinajstić information content (AvgIpc) is 3.00. The molecule has 4 unspecified atom stereocenters. The molecular weight excluding hydrogens is 583 g/mol. The molecule has 0 heterocycles. The van der Waals surface area contributed by atoms with Crippen molar-refractivity contribution in [3.05, 3.63) is 11.6 Å². The van der Waals surface area contributed by atoms with Crippen LogP contribution in [-0.2, 0) is 4.79 Å². The number of carbonyl (C=O) groups excluding carboxylic acids is 1. The molecule has 0 bridgehead atoms. The van der Waals surface area contributed by atoms with Crippen LogP contribution in [0, 0.1) is 90.4 Å². The van der Waals surface area contributed by atoms with E-state index in [1.54, 1.807) is 0 Å². The first-order chi connectivity index (χ1) is 13.7. The van der Waals surface area contributed by atoms with Crippen LogP contribution in [0.1, 0.15) is 98.8 Å². The molecule has 0 aromatic carbocycles. The summed E-state index contributed by atoms with van der Waals surface area (Å²) in [7, 11) is 0. The number of fused-ring (bicyclic) bond motifs is 5. The molecule has 167 valence electrons. The van der Waals surface area contributed by atoms with Crippen molar-refractivity contribution >= 4 is 5.78 Å². The molecule has 3 fully saturated rings. The number of rotatable bonds is 5. The summed E-state index contributed by atoms with van der Waals surface area (Å²) in [6.07, 6.45) is 13.6. The summed E-state index contributed by atoms with van der Waals surface area (Å²) < 4.78 is 0. The summed E-state index contributed by atoms with van der Waals surface area (Å²) >= 11 is 0. The fourth-order valence-electron chi connectivity index (χ4n) is 8.41. The van der Waals surface area contributed by atoms with E-state index in [0.29, 0.717) is 23.0 Å². The van der Waals surface area contributed by atoms with Crippen molar-refractivity contribution in [2.24, 2.45) is 46.3 Å². The smallest absolute Gasteiger partial charge is 0.159 e. The second-order valence-electron chi connectivity index (χ2n) is 12.2. The van der Waals surface area contributed by atoms with Crippen molar-refractivity contribution in [2.45, 2.75) is 105 Å².